The van der Waals surface area contributed by atoms with Crippen LogP contribution < -0.4 is 15.6 Å². The largest absolute Gasteiger partial charge is 0.449 e. The van der Waals surface area contributed by atoms with E-state index in [1.165, 1.54) is 4.57 Å². The number of nitrogens with zero attached hydrogens (tertiary/aromatic N) is 3. The first-order valence-electron chi connectivity index (χ1n) is 12.2. The van der Waals surface area contributed by atoms with Crippen LogP contribution in [-0.2, 0) is 18.5 Å². The van der Waals surface area contributed by atoms with Crippen molar-refractivity contribution in [2.24, 2.45) is 7.05 Å². The van der Waals surface area contributed by atoms with Crippen molar-refractivity contribution in [3.05, 3.63) is 80.3 Å². The Hall–Kier alpha value is -3.60. The lowest BCUT2D eigenvalue weighted by atomic mass is 10.0. The van der Waals surface area contributed by atoms with E-state index in [2.05, 4.69) is 25.0 Å². The van der Waals surface area contributed by atoms with E-state index < -0.39 is 13.0 Å². The second-order valence-electron chi connectivity index (χ2n) is 10.3. The summed E-state index contributed by atoms with van der Waals surface area (Å²) >= 11 is 6.02. The van der Waals surface area contributed by atoms with E-state index >= 15 is 0 Å². The third-order valence-corrected chi connectivity index (χ3v) is 8.19. The number of fused-ring (bicyclic) bond motifs is 1. The molecule has 0 unspecified atom stereocenters. The number of nitro benzene ring substituents is 1. The zero-order valence-electron chi connectivity index (χ0n) is 22.1. The second-order valence-corrected chi connectivity index (χ2v) is 16.3. The first-order valence-corrected chi connectivity index (χ1v) is 16.3. The Morgan fingerprint density at radius 3 is 2.42 bits per heavy atom. The fraction of sp³-hybridized carbons (Fsp3) is 0.296. The number of nitrogens with one attached hydrogen (secondary N) is 1. The molecule has 4 aromatic rings. The number of ether oxygens (including phenoxy) is 2. The van der Waals surface area contributed by atoms with Crippen LogP contribution in [-0.4, -0.2) is 35.8 Å². The van der Waals surface area contributed by atoms with Gasteiger partial charge >= 0.3 is 5.69 Å². The van der Waals surface area contributed by atoms with Crippen LogP contribution in [0, 0.1) is 10.1 Å². The Bertz CT molecular complexity index is 1540. The zero-order chi connectivity index (χ0) is 27.6. The molecule has 0 aliphatic carbocycles. The number of pyridine rings is 1. The number of nitro groups is 1. The summed E-state index contributed by atoms with van der Waals surface area (Å²) in [4.78, 5) is 25.0. The molecule has 0 radical (unpaired) electrons. The number of aryl methyl sites for hydroxylation is 1. The Morgan fingerprint density at radius 1 is 1.08 bits per heavy atom. The Labute approximate surface area is 226 Å². The highest BCUT2D eigenvalue weighted by Crippen LogP contribution is 2.46. The minimum atomic E-state index is -1.25. The Kier molecular flexibility index (Phi) is 7.96. The van der Waals surface area contributed by atoms with Gasteiger partial charge in [-0.1, -0.05) is 31.2 Å². The van der Waals surface area contributed by atoms with Gasteiger partial charge in [0.25, 0.3) is 5.56 Å². The van der Waals surface area contributed by atoms with Crippen LogP contribution in [0.1, 0.15) is 0 Å². The molecular weight excluding hydrogens is 524 g/mol. The number of hydrogen-bond acceptors (Lipinski definition) is 6. The summed E-state index contributed by atoms with van der Waals surface area (Å²) in [6.45, 7) is 7.70. The lowest BCUT2D eigenvalue weighted by molar-refractivity contribution is -0.384. The summed E-state index contributed by atoms with van der Waals surface area (Å²) in [5, 5.41) is 16.3. The quantitative estimate of drug-likeness (QED) is 0.101. The van der Waals surface area contributed by atoms with E-state index in [0.717, 1.165) is 6.04 Å². The molecule has 0 bridgehead atoms. The van der Waals surface area contributed by atoms with Crippen molar-refractivity contribution in [2.45, 2.75) is 32.4 Å². The molecule has 2 heterocycles. The topological polar surface area (TPSA) is 101 Å². The molecule has 4 rings (SSSR count). The van der Waals surface area contributed by atoms with Gasteiger partial charge in [0, 0.05) is 62.7 Å². The second kappa shape index (κ2) is 11.0. The van der Waals surface area contributed by atoms with Gasteiger partial charge in [-0.25, -0.2) is 0 Å². The standard InChI is InChI=1S/C27H31ClN4O5Si/c1-29-23-11-10-21(26(25(23)32(34)35)37-19-8-6-18(28)7-9-19)22-16-30(2)27(33)24-20(22)12-13-31(24)17-36-14-15-38(3,4)5/h6-13,16,29H,14-15,17H2,1-5H3. The number of benzene rings is 2. The number of halogens is 1. The van der Waals surface area contributed by atoms with Gasteiger partial charge < -0.3 is 23.9 Å². The third-order valence-electron chi connectivity index (χ3n) is 6.23. The molecule has 200 valence electrons. The van der Waals surface area contributed by atoms with Gasteiger partial charge in [-0.05, 0) is 48.5 Å². The molecule has 2 aromatic heterocycles. The molecule has 0 spiro atoms. The van der Waals surface area contributed by atoms with Crippen LogP contribution in [0.3, 0.4) is 0 Å². The summed E-state index contributed by atoms with van der Waals surface area (Å²) in [7, 11) is 2.02. The number of hydrogen-bond donors (Lipinski definition) is 1. The highest BCUT2D eigenvalue weighted by molar-refractivity contribution is 6.76. The molecule has 0 aliphatic heterocycles. The van der Waals surface area contributed by atoms with Gasteiger partial charge in [0.05, 0.1) is 4.92 Å². The van der Waals surface area contributed by atoms with Crippen molar-refractivity contribution < 1.29 is 14.4 Å². The average molecular weight is 555 g/mol. The van der Waals surface area contributed by atoms with Crippen LogP contribution in [0.5, 0.6) is 11.5 Å². The van der Waals surface area contributed by atoms with Crippen molar-refractivity contribution >= 4 is 42.0 Å². The maximum atomic E-state index is 13.2. The zero-order valence-corrected chi connectivity index (χ0v) is 23.8. The molecule has 38 heavy (non-hydrogen) atoms. The van der Waals surface area contributed by atoms with E-state index in [1.54, 1.807) is 67.5 Å². The van der Waals surface area contributed by atoms with Crippen molar-refractivity contribution in [1.29, 1.82) is 0 Å². The summed E-state index contributed by atoms with van der Waals surface area (Å²) in [5.74, 6) is 0.449. The van der Waals surface area contributed by atoms with E-state index in [0.29, 0.717) is 45.1 Å². The summed E-state index contributed by atoms with van der Waals surface area (Å²) in [5.41, 5.74) is 1.45. The molecule has 0 fully saturated rings. The molecule has 2 aromatic carbocycles. The SMILES string of the molecule is CNc1ccc(-c2cn(C)c(=O)c3c2ccn3COCC[Si](C)(C)C)c(Oc2ccc(Cl)cc2)c1[N+](=O)[O-]. The molecule has 11 heteroatoms. The van der Waals surface area contributed by atoms with Crippen LogP contribution in [0.4, 0.5) is 11.4 Å². The van der Waals surface area contributed by atoms with Gasteiger partial charge in [0.1, 0.15) is 23.7 Å². The smallest absolute Gasteiger partial charge is 0.335 e. The molecule has 0 atom stereocenters. The van der Waals surface area contributed by atoms with Crippen LogP contribution in [0.2, 0.25) is 30.7 Å². The van der Waals surface area contributed by atoms with Crippen molar-refractivity contribution in [3.8, 4) is 22.6 Å². The fourth-order valence-electron chi connectivity index (χ4n) is 4.17. The van der Waals surface area contributed by atoms with Crippen molar-refractivity contribution in [1.82, 2.24) is 9.13 Å². The van der Waals surface area contributed by atoms with Crippen molar-refractivity contribution in [2.75, 3.05) is 19.0 Å². The van der Waals surface area contributed by atoms with Crippen molar-refractivity contribution in [3.63, 3.8) is 0 Å². The lowest BCUT2D eigenvalue weighted by Crippen LogP contribution is -2.23. The lowest BCUT2D eigenvalue weighted by Gasteiger charge is -2.17. The molecule has 1 N–H and O–H groups in total. The molecule has 0 amide bonds. The van der Waals surface area contributed by atoms with Crippen LogP contribution in [0.15, 0.2) is 59.7 Å². The monoisotopic (exact) mass is 554 g/mol. The Morgan fingerprint density at radius 2 is 1.79 bits per heavy atom. The predicted octanol–water partition coefficient (Wildman–Crippen LogP) is 6.71. The van der Waals surface area contributed by atoms with E-state index in [4.69, 9.17) is 21.1 Å². The fourth-order valence-corrected chi connectivity index (χ4v) is 5.05. The summed E-state index contributed by atoms with van der Waals surface area (Å²) in [6, 6.07) is 12.8. The van der Waals surface area contributed by atoms with Gasteiger partial charge in [-0.15, -0.1) is 0 Å². The number of rotatable bonds is 10. The molecule has 0 saturated heterocycles. The first kappa shape index (κ1) is 27.4. The molecule has 0 saturated carbocycles. The van der Waals surface area contributed by atoms with E-state index in [-0.39, 0.29) is 23.7 Å². The minimum Gasteiger partial charge on any atom is -0.449 e. The maximum absolute atomic E-state index is 13.2. The summed E-state index contributed by atoms with van der Waals surface area (Å²) < 4.78 is 15.3. The van der Waals surface area contributed by atoms with E-state index in [9.17, 15) is 14.9 Å². The van der Waals surface area contributed by atoms with Crippen LogP contribution in [0.25, 0.3) is 22.0 Å². The summed E-state index contributed by atoms with van der Waals surface area (Å²) in [6.07, 6.45) is 3.48. The predicted molar refractivity (Wildman–Crippen MR) is 154 cm³/mol. The molecule has 0 aliphatic rings. The third kappa shape index (κ3) is 5.77. The normalized spacial score (nSPS) is 11.6. The van der Waals surface area contributed by atoms with Gasteiger partial charge in [0.15, 0.2) is 0 Å². The number of aromatic nitrogens is 2. The number of anilines is 1. The van der Waals surface area contributed by atoms with E-state index in [1.807, 2.05) is 6.07 Å². The molecular formula is C27H31ClN4O5Si. The minimum absolute atomic E-state index is 0.0586. The average Bonchev–Trinajstić information content (AvgIpc) is 3.28. The molecule has 9 nitrogen and oxygen atoms in total. The van der Waals surface area contributed by atoms with Crippen LogP contribution >= 0.6 is 11.6 Å². The maximum Gasteiger partial charge on any atom is 0.335 e. The van der Waals surface area contributed by atoms with Gasteiger partial charge in [0.2, 0.25) is 5.75 Å². The first-order chi connectivity index (χ1) is 18.0. The van der Waals surface area contributed by atoms with Gasteiger partial charge in [-0.3, -0.25) is 14.9 Å². The Balaban J connectivity index is 1.87. The highest BCUT2D eigenvalue weighted by atomic mass is 35.5. The van der Waals surface area contributed by atoms with Gasteiger partial charge in [-0.2, -0.15) is 0 Å². The highest BCUT2D eigenvalue weighted by Gasteiger charge is 2.28.